The first-order chi connectivity index (χ1) is 14.4. The molecular weight excluding hydrogens is 382 g/mol. The van der Waals surface area contributed by atoms with E-state index in [4.69, 9.17) is 4.42 Å². The lowest BCUT2D eigenvalue weighted by Gasteiger charge is -2.38. The van der Waals surface area contributed by atoms with Crippen LogP contribution in [-0.2, 0) is 16.1 Å². The molecule has 0 aliphatic carbocycles. The Morgan fingerprint density at radius 2 is 1.70 bits per heavy atom. The molecule has 2 aromatic rings. The third-order valence-corrected chi connectivity index (χ3v) is 5.44. The zero-order chi connectivity index (χ0) is 21.5. The van der Waals surface area contributed by atoms with E-state index in [2.05, 4.69) is 56.6 Å². The number of likely N-dealkylation sites (N-methyl/N-ethyl adjacent to an activating group) is 1. The van der Waals surface area contributed by atoms with E-state index < -0.39 is 11.8 Å². The zero-order valence-electron chi connectivity index (χ0n) is 17.9. The van der Waals surface area contributed by atoms with Crippen molar-refractivity contribution in [3.63, 3.8) is 0 Å². The van der Waals surface area contributed by atoms with Gasteiger partial charge in [0.15, 0.2) is 0 Å². The van der Waals surface area contributed by atoms with Gasteiger partial charge in [-0.25, -0.2) is 0 Å². The monoisotopic (exact) mass is 413 g/mol. The summed E-state index contributed by atoms with van der Waals surface area (Å²) in [5.74, 6) is -0.690. The van der Waals surface area contributed by atoms with Crippen LogP contribution in [0.2, 0.25) is 0 Å². The Morgan fingerprint density at radius 1 is 1.03 bits per heavy atom. The summed E-state index contributed by atoms with van der Waals surface area (Å²) in [6.45, 7) is 4.34. The normalized spacial score (nSPS) is 16.1. The molecule has 1 aliphatic rings. The fraction of sp³-hybridized carbons (Fsp3) is 0.455. The number of hydrogen-bond acceptors (Lipinski definition) is 6. The van der Waals surface area contributed by atoms with Gasteiger partial charge in [0.2, 0.25) is 0 Å². The van der Waals surface area contributed by atoms with E-state index in [9.17, 15) is 9.59 Å². The minimum Gasteiger partial charge on any atom is -0.467 e. The second kappa shape index (κ2) is 10.3. The fourth-order valence-corrected chi connectivity index (χ4v) is 3.52. The lowest BCUT2D eigenvalue weighted by molar-refractivity contribution is -0.139. The van der Waals surface area contributed by atoms with Gasteiger partial charge in [-0.3, -0.25) is 14.5 Å². The maximum Gasteiger partial charge on any atom is 0.309 e. The number of carbonyl (C=O) groups excluding carboxylic acids is 2. The highest BCUT2D eigenvalue weighted by Gasteiger charge is 2.25. The molecule has 3 rings (SSSR count). The summed E-state index contributed by atoms with van der Waals surface area (Å²) in [7, 11) is 6.13. The number of amides is 2. The van der Waals surface area contributed by atoms with Gasteiger partial charge in [-0.15, -0.1) is 0 Å². The van der Waals surface area contributed by atoms with E-state index in [-0.39, 0.29) is 12.6 Å². The van der Waals surface area contributed by atoms with E-state index >= 15 is 0 Å². The highest BCUT2D eigenvalue weighted by Crippen LogP contribution is 2.24. The predicted molar refractivity (Wildman–Crippen MR) is 116 cm³/mol. The van der Waals surface area contributed by atoms with Gasteiger partial charge >= 0.3 is 11.8 Å². The Morgan fingerprint density at radius 3 is 2.30 bits per heavy atom. The number of anilines is 1. The van der Waals surface area contributed by atoms with Crippen LogP contribution in [0.15, 0.2) is 47.1 Å². The standard InChI is InChI=1S/C22H31N5O3/c1-25(2)18-8-6-17(7-9-18)20(27-12-10-26(3)11-13-27)16-24-22(29)21(28)23-15-19-5-4-14-30-19/h4-9,14,20H,10-13,15-16H2,1-3H3,(H,23,28)(H,24,29)/t20-/m0/s1. The Labute approximate surface area is 177 Å². The van der Waals surface area contributed by atoms with Gasteiger partial charge in [-0.2, -0.15) is 0 Å². The zero-order valence-corrected chi connectivity index (χ0v) is 17.9. The lowest BCUT2D eigenvalue weighted by Crippen LogP contribution is -2.49. The largest absolute Gasteiger partial charge is 0.467 e. The van der Waals surface area contributed by atoms with Crippen LogP contribution in [0.3, 0.4) is 0 Å². The number of nitrogens with zero attached hydrogens (tertiary/aromatic N) is 3. The van der Waals surface area contributed by atoms with Crippen molar-refractivity contribution in [2.75, 3.05) is 58.8 Å². The number of piperazine rings is 1. The molecule has 2 heterocycles. The van der Waals surface area contributed by atoms with Crippen LogP contribution in [0.25, 0.3) is 0 Å². The number of rotatable bonds is 7. The summed E-state index contributed by atoms with van der Waals surface area (Å²) in [5, 5.41) is 5.39. The van der Waals surface area contributed by atoms with Crippen molar-refractivity contribution in [3.8, 4) is 0 Å². The molecule has 1 aromatic heterocycles. The summed E-state index contributed by atoms with van der Waals surface area (Å²) in [5.41, 5.74) is 2.25. The molecule has 2 N–H and O–H groups in total. The van der Waals surface area contributed by atoms with Crippen molar-refractivity contribution in [3.05, 3.63) is 54.0 Å². The molecule has 1 fully saturated rings. The maximum absolute atomic E-state index is 12.3. The Balaban J connectivity index is 1.62. The van der Waals surface area contributed by atoms with Crippen molar-refractivity contribution < 1.29 is 14.0 Å². The first kappa shape index (κ1) is 21.9. The van der Waals surface area contributed by atoms with E-state index in [1.165, 1.54) is 6.26 Å². The maximum atomic E-state index is 12.3. The molecule has 1 atom stereocenters. The first-order valence-corrected chi connectivity index (χ1v) is 10.2. The van der Waals surface area contributed by atoms with E-state index in [0.29, 0.717) is 12.3 Å². The number of furan rings is 1. The van der Waals surface area contributed by atoms with Crippen LogP contribution < -0.4 is 15.5 Å². The number of nitrogens with one attached hydrogen (secondary N) is 2. The third kappa shape index (κ3) is 5.84. The fourth-order valence-electron chi connectivity index (χ4n) is 3.52. The molecule has 30 heavy (non-hydrogen) atoms. The Kier molecular flexibility index (Phi) is 7.48. The average molecular weight is 414 g/mol. The topological polar surface area (TPSA) is 81.1 Å². The van der Waals surface area contributed by atoms with Gasteiger partial charge < -0.3 is 24.9 Å². The SMILES string of the molecule is CN1CCN([C@@H](CNC(=O)C(=O)NCc2ccco2)c2ccc(N(C)C)cc2)CC1. The summed E-state index contributed by atoms with van der Waals surface area (Å²) < 4.78 is 5.17. The second-order valence-corrected chi connectivity index (χ2v) is 7.81. The molecule has 8 nitrogen and oxygen atoms in total. The van der Waals surface area contributed by atoms with Crippen molar-refractivity contribution in [2.24, 2.45) is 0 Å². The molecule has 0 radical (unpaired) electrons. The van der Waals surface area contributed by atoms with E-state index in [1.54, 1.807) is 12.1 Å². The van der Waals surface area contributed by atoms with Gasteiger partial charge in [0.1, 0.15) is 5.76 Å². The van der Waals surface area contributed by atoms with Crippen LogP contribution in [0.1, 0.15) is 17.4 Å². The smallest absolute Gasteiger partial charge is 0.309 e. The van der Waals surface area contributed by atoms with Crippen molar-refractivity contribution >= 4 is 17.5 Å². The van der Waals surface area contributed by atoms with Crippen molar-refractivity contribution in [2.45, 2.75) is 12.6 Å². The predicted octanol–water partition coefficient (Wildman–Crippen LogP) is 1.07. The van der Waals surface area contributed by atoms with Gasteiger partial charge in [0.25, 0.3) is 0 Å². The van der Waals surface area contributed by atoms with Gasteiger partial charge in [-0.05, 0) is 36.9 Å². The molecule has 0 bridgehead atoms. The first-order valence-electron chi connectivity index (χ1n) is 10.2. The lowest BCUT2D eigenvalue weighted by atomic mass is 10.0. The van der Waals surface area contributed by atoms with Crippen molar-refractivity contribution in [1.82, 2.24) is 20.4 Å². The van der Waals surface area contributed by atoms with Crippen LogP contribution in [0.5, 0.6) is 0 Å². The average Bonchev–Trinajstić information content (AvgIpc) is 3.27. The van der Waals surface area contributed by atoms with Crippen LogP contribution in [-0.4, -0.2) is 75.5 Å². The molecule has 0 spiro atoms. The highest BCUT2D eigenvalue weighted by atomic mass is 16.3. The molecule has 162 valence electrons. The van der Waals surface area contributed by atoms with Crippen LogP contribution in [0, 0.1) is 0 Å². The Bertz CT molecular complexity index is 812. The quantitative estimate of drug-likeness (QED) is 0.661. The van der Waals surface area contributed by atoms with E-state index in [0.717, 1.165) is 37.4 Å². The van der Waals surface area contributed by atoms with Crippen LogP contribution in [0.4, 0.5) is 5.69 Å². The number of carbonyl (C=O) groups is 2. The summed E-state index contributed by atoms with van der Waals surface area (Å²) in [4.78, 5) is 31.2. The number of hydrogen-bond donors (Lipinski definition) is 2. The molecular formula is C22H31N5O3. The minimum absolute atomic E-state index is 0.0109. The minimum atomic E-state index is -0.661. The van der Waals surface area contributed by atoms with Gasteiger partial charge in [-0.1, -0.05) is 12.1 Å². The van der Waals surface area contributed by atoms with Crippen LogP contribution >= 0.6 is 0 Å². The summed E-state index contributed by atoms with van der Waals surface area (Å²) >= 11 is 0. The van der Waals surface area contributed by atoms with Gasteiger partial charge in [0, 0.05) is 52.5 Å². The van der Waals surface area contributed by atoms with E-state index in [1.807, 2.05) is 14.1 Å². The molecule has 0 saturated carbocycles. The number of benzene rings is 1. The molecule has 1 saturated heterocycles. The Hall–Kier alpha value is -2.84. The molecule has 8 heteroatoms. The van der Waals surface area contributed by atoms with Gasteiger partial charge in [0.05, 0.1) is 18.8 Å². The summed E-state index contributed by atoms with van der Waals surface area (Å²) in [6.07, 6.45) is 1.53. The second-order valence-electron chi connectivity index (χ2n) is 7.81. The molecule has 1 aromatic carbocycles. The molecule has 1 aliphatic heterocycles. The molecule has 0 unspecified atom stereocenters. The third-order valence-electron chi connectivity index (χ3n) is 5.44. The molecule has 2 amide bonds. The highest BCUT2D eigenvalue weighted by molar-refractivity contribution is 6.35. The van der Waals surface area contributed by atoms with Crippen molar-refractivity contribution in [1.29, 1.82) is 0 Å². The summed E-state index contributed by atoms with van der Waals surface area (Å²) in [6, 6.07) is 11.9.